The van der Waals surface area contributed by atoms with Crippen molar-refractivity contribution >= 4 is 34.2 Å². The van der Waals surface area contributed by atoms with Gasteiger partial charge < -0.3 is 5.32 Å². The quantitative estimate of drug-likeness (QED) is 0.875. The van der Waals surface area contributed by atoms with E-state index in [0.717, 1.165) is 15.0 Å². The molecular formula is C13H11IN2O. The van der Waals surface area contributed by atoms with Crippen LogP contribution in [-0.2, 0) is 11.2 Å². The van der Waals surface area contributed by atoms with Crippen LogP contribution in [0.15, 0.2) is 48.7 Å². The second-order valence-corrected chi connectivity index (χ2v) is 4.80. The lowest BCUT2D eigenvalue weighted by Crippen LogP contribution is -2.15. The molecule has 4 heteroatoms. The molecule has 0 aliphatic carbocycles. The number of pyridine rings is 1. The maximum Gasteiger partial charge on any atom is 0.230 e. The highest BCUT2D eigenvalue weighted by molar-refractivity contribution is 14.1. The van der Waals surface area contributed by atoms with Gasteiger partial charge in [-0.3, -0.25) is 9.78 Å². The predicted molar refractivity (Wildman–Crippen MR) is 75.7 cm³/mol. The van der Waals surface area contributed by atoms with Crippen LogP contribution in [0, 0.1) is 3.57 Å². The smallest absolute Gasteiger partial charge is 0.230 e. The molecular weight excluding hydrogens is 327 g/mol. The molecule has 1 amide bonds. The summed E-state index contributed by atoms with van der Waals surface area (Å²) < 4.78 is 1.10. The lowest BCUT2D eigenvalue weighted by Gasteiger charge is -2.05. The fourth-order valence-corrected chi connectivity index (χ4v) is 1.98. The summed E-state index contributed by atoms with van der Waals surface area (Å²) in [6, 6.07) is 13.2. The van der Waals surface area contributed by atoms with Crippen molar-refractivity contribution in [2.24, 2.45) is 0 Å². The monoisotopic (exact) mass is 338 g/mol. The van der Waals surface area contributed by atoms with Crippen molar-refractivity contribution < 1.29 is 4.79 Å². The third-order valence-corrected chi connectivity index (χ3v) is 2.85. The van der Waals surface area contributed by atoms with Crippen molar-refractivity contribution in [2.75, 3.05) is 5.32 Å². The van der Waals surface area contributed by atoms with Crippen LogP contribution in [0.3, 0.4) is 0 Å². The Labute approximate surface area is 113 Å². The van der Waals surface area contributed by atoms with Crippen LogP contribution in [0.25, 0.3) is 0 Å². The molecule has 3 nitrogen and oxygen atoms in total. The summed E-state index contributed by atoms with van der Waals surface area (Å²) in [5.74, 6) is -0.0503. The Morgan fingerprint density at radius 1 is 1.24 bits per heavy atom. The third kappa shape index (κ3) is 3.81. The Kier molecular flexibility index (Phi) is 4.08. The highest BCUT2D eigenvalue weighted by Gasteiger charge is 2.04. The number of nitrogens with one attached hydrogen (secondary N) is 1. The Hall–Kier alpha value is -1.43. The first kappa shape index (κ1) is 12.0. The molecule has 1 heterocycles. The summed E-state index contributed by atoms with van der Waals surface area (Å²) in [5, 5.41) is 2.85. The third-order valence-electron chi connectivity index (χ3n) is 2.18. The summed E-state index contributed by atoms with van der Waals surface area (Å²) in [6.07, 6.45) is 1.99. The fourth-order valence-electron chi connectivity index (χ4n) is 1.44. The van der Waals surface area contributed by atoms with E-state index in [4.69, 9.17) is 0 Å². The molecule has 0 aliphatic rings. The Bertz CT molecular complexity index is 514. The van der Waals surface area contributed by atoms with E-state index in [9.17, 15) is 4.79 Å². The molecule has 2 aromatic rings. The van der Waals surface area contributed by atoms with Crippen LogP contribution in [0.5, 0.6) is 0 Å². The molecule has 0 unspecified atom stereocenters. The molecule has 1 aromatic heterocycles. The van der Waals surface area contributed by atoms with Gasteiger partial charge in [-0.25, -0.2) is 0 Å². The molecule has 2 rings (SSSR count). The van der Waals surface area contributed by atoms with Crippen molar-refractivity contribution in [2.45, 2.75) is 6.42 Å². The standard InChI is InChI=1S/C13H11IN2O/c14-10-4-3-6-12(8-10)16-13(17)9-11-5-1-2-7-15-11/h1-8H,9H2,(H,16,17). The Balaban J connectivity index is 1.98. The molecule has 17 heavy (non-hydrogen) atoms. The molecule has 0 saturated carbocycles. The molecule has 0 radical (unpaired) electrons. The minimum absolute atomic E-state index is 0.0503. The summed E-state index contributed by atoms with van der Waals surface area (Å²) in [4.78, 5) is 15.9. The average Bonchev–Trinajstić information content (AvgIpc) is 2.30. The maximum atomic E-state index is 11.7. The van der Waals surface area contributed by atoms with Crippen LogP contribution in [0.4, 0.5) is 5.69 Å². The lowest BCUT2D eigenvalue weighted by molar-refractivity contribution is -0.115. The number of hydrogen-bond donors (Lipinski definition) is 1. The van der Waals surface area contributed by atoms with Gasteiger partial charge in [0.1, 0.15) is 0 Å². The number of anilines is 1. The van der Waals surface area contributed by atoms with Crippen molar-refractivity contribution in [3.63, 3.8) is 0 Å². The number of halogens is 1. The average molecular weight is 338 g/mol. The number of carbonyl (C=O) groups is 1. The molecule has 0 atom stereocenters. The first-order chi connectivity index (χ1) is 8.24. The number of benzene rings is 1. The Morgan fingerprint density at radius 2 is 2.12 bits per heavy atom. The van der Waals surface area contributed by atoms with Crippen LogP contribution < -0.4 is 5.32 Å². The lowest BCUT2D eigenvalue weighted by atomic mass is 10.2. The number of carbonyl (C=O) groups excluding carboxylic acids is 1. The highest BCUT2D eigenvalue weighted by atomic mass is 127. The van der Waals surface area contributed by atoms with Gasteiger partial charge in [-0.1, -0.05) is 12.1 Å². The van der Waals surface area contributed by atoms with E-state index in [1.165, 1.54) is 0 Å². The van der Waals surface area contributed by atoms with Crippen LogP contribution in [0.2, 0.25) is 0 Å². The first-order valence-corrected chi connectivity index (χ1v) is 6.27. The highest BCUT2D eigenvalue weighted by Crippen LogP contribution is 2.12. The largest absolute Gasteiger partial charge is 0.326 e. The molecule has 0 bridgehead atoms. The number of amides is 1. The zero-order valence-electron chi connectivity index (χ0n) is 9.06. The van der Waals surface area contributed by atoms with Crippen LogP contribution in [-0.4, -0.2) is 10.9 Å². The van der Waals surface area contributed by atoms with E-state index in [-0.39, 0.29) is 5.91 Å². The van der Waals surface area contributed by atoms with E-state index in [0.29, 0.717) is 6.42 Å². The van der Waals surface area contributed by atoms with Gasteiger partial charge in [0.05, 0.1) is 6.42 Å². The van der Waals surface area contributed by atoms with E-state index in [2.05, 4.69) is 32.9 Å². The van der Waals surface area contributed by atoms with Gasteiger partial charge in [0.15, 0.2) is 0 Å². The normalized spacial score (nSPS) is 9.94. The maximum absolute atomic E-state index is 11.7. The molecule has 1 N–H and O–H groups in total. The molecule has 1 aromatic carbocycles. The molecule has 0 fully saturated rings. The van der Waals surface area contributed by atoms with Crippen molar-refractivity contribution in [1.82, 2.24) is 4.98 Å². The van der Waals surface area contributed by atoms with E-state index in [1.807, 2.05) is 42.5 Å². The fraction of sp³-hybridized carbons (Fsp3) is 0.0769. The summed E-state index contributed by atoms with van der Waals surface area (Å²) in [7, 11) is 0. The van der Waals surface area contributed by atoms with Gasteiger partial charge in [0, 0.05) is 21.1 Å². The zero-order chi connectivity index (χ0) is 12.1. The van der Waals surface area contributed by atoms with Gasteiger partial charge >= 0.3 is 0 Å². The van der Waals surface area contributed by atoms with Crippen LogP contribution in [0.1, 0.15) is 5.69 Å². The topological polar surface area (TPSA) is 42.0 Å². The second-order valence-electron chi connectivity index (χ2n) is 3.56. The van der Waals surface area contributed by atoms with Gasteiger partial charge in [0.25, 0.3) is 0 Å². The number of nitrogens with zero attached hydrogens (tertiary/aromatic N) is 1. The minimum Gasteiger partial charge on any atom is -0.326 e. The summed E-state index contributed by atoms with van der Waals surface area (Å²) >= 11 is 2.21. The van der Waals surface area contributed by atoms with E-state index in [1.54, 1.807) is 6.20 Å². The van der Waals surface area contributed by atoms with Crippen molar-refractivity contribution in [3.8, 4) is 0 Å². The predicted octanol–water partition coefficient (Wildman–Crippen LogP) is 2.87. The van der Waals surface area contributed by atoms with Gasteiger partial charge in [-0.15, -0.1) is 0 Å². The van der Waals surface area contributed by atoms with E-state index >= 15 is 0 Å². The van der Waals surface area contributed by atoms with Crippen molar-refractivity contribution in [3.05, 3.63) is 57.9 Å². The summed E-state index contributed by atoms with van der Waals surface area (Å²) in [6.45, 7) is 0. The molecule has 0 aliphatic heterocycles. The SMILES string of the molecule is O=C(Cc1ccccn1)Nc1cccc(I)c1. The second kappa shape index (κ2) is 5.77. The van der Waals surface area contributed by atoms with Gasteiger partial charge in [-0.05, 0) is 52.9 Å². The van der Waals surface area contributed by atoms with Crippen molar-refractivity contribution in [1.29, 1.82) is 0 Å². The number of rotatable bonds is 3. The summed E-state index contributed by atoms with van der Waals surface area (Å²) in [5.41, 5.74) is 1.59. The minimum atomic E-state index is -0.0503. The number of hydrogen-bond acceptors (Lipinski definition) is 2. The Morgan fingerprint density at radius 3 is 2.82 bits per heavy atom. The zero-order valence-corrected chi connectivity index (χ0v) is 11.2. The van der Waals surface area contributed by atoms with Gasteiger partial charge in [-0.2, -0.15) is 0 Å². The molecule has 0 spiro atoms. The van der Waals surface area contributed by atoms with Crippen LogP contribution >= 0.6 is 22.6 Å². The van der Waals surface area contributed by atoms with Gasteiger partial charge in [0.2, 0.25) is 5.91 Å². The molecule has 0 saturated heterocycles. The first-order valence-electron chi connectivity index (χ1n) is 5.19. The molecule has 86 valence electrons. The van der Waals surface area contributed by atoms with E-state index < -0.39 is 0 Å². The number of aromatic nitrogens is 1.